The number of carbonyl (C=O) groups excluding carboxylic acids is 3. The minimum atomic E-state index is -0.717. The summed E-state index contributed by atoms with van der Waals surface area (Å²) in [7, 11) is 0. The quantitative estimate of drug-likeness (QED) is 0.524. The van der Waals surface area contributed by atoms with Gasteiger partial charge in [0.15, 0.2) is 18.1 Å². The molecule has 0 radical (unpaired) electrons. The van der Waals surface area contributed by atoms with Crippen molar-refractivity contribution < 1.29 is 28.6 Å². The van der Waals surface area contributed by atoms with Crippen LogP contribution in [-0.2, 0) is 19.1 Å². The maximum absolute atomic E-state index is 11.8. The van der Waals surface area contributed by atoms with Crippen LogP contribution < -0.4 is 20.1 Å². The molecule has 2 rings (SSSR count). The molecule has 1 aromatic carbocycles. The van der Waals surface area contributed by atoms with E-state index >= 15 is 0 Å². The Morgan fingerprint density at radius 1 is 1.29 bits per heavy atom. The fourth-order valence-corrected chi connectivity index (χ4v) is 2.65. The number of carbonyl (C=O) groups is 3. The predicted octanol–water partition coefficient (Wildman–Crippen LogP) is 1.70. The molecule has 1 aliphatic rings. The number of hydrogen-bond acceptors (Lipinski definition) is 6. The lowest BCUT2D eigenvalue weighted by Gasteiger charge is -2.13. The maximum atomic E-state index is 11.8. The molecule has 1 heterocycles. The molecule has 0 saturated heterocycles. The van der Waals surface area contributed by atoms with E-state index in [4.69, 9.17) is 25.8 Å². The molecule has 1 atom stereocenters. The standard InChI is InChI=1S/C19H23ClN2O6/c1-3-21-19(25)12(2)22-16(23)11-28-17(24)6-5-13-9-14(20)18-15(10-13)26-7-4-8-27-18/h5-6,9-10,12H,3-4,7-8,11H2,1-2H3,(H,21,25)(H,22,23)/b6-5+/t12-/m0/s1. The fraction of sp³-hybridized carbons (Fsp3) is 0.421. The highest BCUT2D eigenvalue weighted by Crippen LogP contribution is 2.38. The molecule has 0 spiro atoms. The van der Waals surface area contributed by atoms with Crippen molar-refractivity contribution in [1.29, 1.82) is 0 Å². The first kappa shape index (κ1) is 21.6. The highest BCUT2D eigenvalue weighted by molar-refractivity contribution is 6.32. The van der Waals surface area contributed by atoms with Gasteiger partial charge in [-0.25, -0.2) is 4.79 Å². The van der Waals surface area contributed by atoms with Crippen LogP contribution in [0.25, 0.3) is 6.08 Å². The molecule has 2 N–H and O–H groups in total. The van der Waals surface area contributed by atoms with Gasteiger partial charge in [0.2, 0.25) is 5.91 Å². The first-order chi connectivity index (χ1) is 13.4. The van der Waals surface area contributed by atoms with E-state index in [0.29, 0.717) is 41.8 Å². The minimum Gasteiger partial charge on any atom is -0.489 e. The zero-order valence-corrected chi connectivity index (χ0v) is 16.5. The molecule has 8 nitrogen and oxygen atoms in total. The lowest BCUT2D eigenvalue weighted by Crippen LogP contribution is -2.46. The maximum Gasteiger partial charge on any atom is 0.331 e. The Labute approximate surface area is 168 Å². The van der Waals surface area contributed by atoms with Gasteiger partial charge in [0.05, 0.1) is 18.2 Å². The van der Waals surface area contributed by atoms with Crippen LogP contribution in [-0.4, -0.2) is 50.2 Å². The second kappa shape index (κ2) is 10.6. The number of fused-ring (bicyclic) bond motifs is 1. The van der Waals surface area contributed by atoms with E-state index in [9.17, 15) is 14.4 Å². The summed E-state index contributed by atoms with van der Waals surface area (Å²) in [6, 6.07) is 2.63. The molecule has 2 amide bonds. The highest BCUT2D eigenvalue weighted by atomic mass is 35.5. The zero-order chi connectivity index (χ0) is 20.5. The summed E-state index contributed by atoms with van der Waals surface area (Å²) < 4.78 is 16.0. The van der Waals surface area contributed by atoms with Crippen LogP contribution in [0.3, 0.4) is 0 Å². The van der Waals surface area contributed by atoms with Gasteiger partial charge in [-0.1, -0.05) is 11.6 Å². The van der Waals surface area contributed by atoms with Crippen LogP contribution in [0.15, 0.2) is 18.2 Å². The number of benzene rings is 1. The smallest absolute Gasteiger partial charge is 0.331 e. The van der Waals surface area contributed by atoms with Gasteiger partial charge in [-0.05, 0) is 37.6 Å². The monoisotopic (exact) mass is 410 g/mol. The molecule has 9 heteroatoms. The first-order valence-corrected chi connectivity index (χ1v) is 9.29. The second-order valence-corrected chi connectivity index (χ2v) is 6.41. The average molecular weight is 411 g/mol. The van der Waals surface area contributed by atoms with Crippen molar-refractivity contribution in [2.24, 2.45) is 0 Å². The van der Waals surface area contributed by atoms with Gasteiger partial charge in [0, 0.05) is 19.0 Å². The number of rotatable bonds is 7. The molecule has 0 saturated carbocycles. The predicted molar refractivity (Wildman–Crippen MR) is 103 cm³/mol. The molecule has 0 aliphatic carbocycles. The van der Waals surface area contributed by atoms with Gasteiger partial charge in [-0.15, -0.1) is 0 Å². The molecule has 0 aromatic heterocycles. The molecule has 0 fully saturated rings. The second-order valence-electron chi connectivity index (χ2n) is 6.01. The summed E-state index contributed by atoms with van der Waals surface area (Å²) >= 11 is 6.19. The van der Waals surface area contributed by atoms with Crippen LogP contribution >= 0.6 is 11.6 Å². The Balaban J connectivity index is 1.87. The number of amides is 2. The molecule has 1 aliphatic heterocycles. The van der Waals surface area contributed by atoms with E-state index in [-0.39, 0.29) is 5.91 Å². The largest absolute Gasteiger partial charge is 0.489 e. The van der Waals surface area contributed by atoms with Gasteiger partial charge >= 0.3 is 5.97 Å². The summed E-state index contributed by atoms with van der Waals surface area (Å²) in [6.45, 7) is 4.32. The summed E-state index contributed by atoms with van der Waals surface area (Å²) in [5.74, 6) is -0.593. The van der Waals surface area contributed by atoms with Crippen molar-refractivity contribution in [2.75, 3.05) is 26.4 Å². The van der Waals surface area contributed by atoms with Gasteiger partial charge in [-0.2, -0.15) is 0 Å². The molecule has 1 aromatic rings. The van der Waals surface area contributed by atoms with Crippen molar-refractivity contribution >= 4 is 35.5 Å². The zero-order valence-electron chi connectivity index (χ0n) is 15.7. The van der Waals surface area contributed by atoms with Crippen LogP contribution in [0.4, 0.5) is 0 Å². The molecular formula is C19H23ClN2O6. The van der Waals surface area contributed by atoms with E-state index in [2.05, 4.69) is 10.6 Å². The highest BCUT2D eigenvalue weighted by Gasteiger charge is 2.16. The average Bonchev–Trinajstić information content (AvgIpc) is 2.90. The fourth-order valence-electron chi connectivity index (χ4n) is 2.37. The van der Waals surface area contributed by atoms with Gasteiger partial charge in [-0.3, -0.25) is 9.59 Å². The van der Waals surface area contributed by atoms with Crippen LogP contribution in [0, 0.1) is 0 Å². The Hall–Kier alpha value is -2.74. The Morgan fingerprint density at radius 3 is 2.79 bits per heavy atom. The van der Waals surface area contributed by atoms with Crippen molar-refractivity contribution in [3.8, 4) is 11.5 Å². The van der Waals surface area contributed by atoms with E-state index in [1.54, 1.807) is 26.0 Å². The van der Waals surface area contributed by atoms with E-state index in [1.807, 2.05) is 0 Å². The Morgan fingerprint density at radius 2 is 2.04 bits per heavy atom. The molecule has 0 unspecified atom stereocenters. The molecule has 28 heavy (non-hydrogen) atoms. The number of esters is 1. The summed E-state index contributed by atoms with van der Waals surface area (Å²) in [5, 5.41) is 5.40. The summed E-state index contributed by atoms with van der Waals surface area (Å²) in [5.41, 5.74) is 0.625. The van der Waals surface area contributed by atoms with Crippen molar-refractivity contribution in [3.63, 3.8) is 0 Å². The number of halogens is 1. The minimum absolute atomic E-state index is 0.312. The summed E-state index contributed by atoms with van der Waals surface area (Å²) in [4.78, 5) is 35.1. The lowest BCUT2D eigenvalue weighted by molar-refractivity contribution is -0.144. The normalized spacial score (nSPS) is 14.1. The van der Waals surface area contributed by atoms with E-state index in [0.717, 1.165) is 6.42 Å². The van der Waals surface area contributed by atoms with Gasteiger partial charge in [0.1, 0.15) is 6.04 Å². The van der Waals surface area contributed by atoms with Crippen LogP contribution in [0.5, 0.6) is 11.5 Å². The van der Waals surface area contributed by atoms with E-state index < -0.39 is 24.5 Å². The molecule has 0 bridgehead atoms. The van der Waals surface area contributed by atoms with Gasteiger partial charge in [0.25, 0.3) is 5.91 Å². The molecule has 152 valence electrons. The number of hydrogen-bond donors (Lipinski definition) is 2. The third-order valence-electron chi connectivity index (χ3n) is 3.70. The summed E-state index contributed by atoms with van der Waals surface area (Å²) in [6.07, 6.45) is 3.43. The number of nitrogens with one attached hydrogen (secondary N) is 2. The number of ether oxygens (including phenoxy) is 3. The van der Waals surface area contributed by atoms with Crippen molar-refractivity contribution in [1.82, 2.24) is 10.6 Å². The van der Waals surface area contributed by atoms with Crippen molar-refractivity contribution in [2.45, 2.75) is 26.3 Å². The first-order valence-electron chi connectivity index (χ1n) is 8.91. The van der Waals surface area contributed by atoms with Crippen LogP contribution in [0.2, 0.25) is 5.02 Å². The van der Waals surface area contributed by atoms with E-state index in [1.165, 1.54) is 12.2 Å². The SMILES string of the molecule is CCNC(=O)[C@H](C)NC(=O)COC(=O)/C=C/c1cc(Cl)c2c(c1)OCCCO2. The Kier molecular flexibility index (Phi) is 8.13. The number of likely N-dealkylation sites (N-methyl/N-ethyl adjacent to an activating group) is 1. The third kappa shape index (κ3) is 6.45. The van der Waals surface area contributed by atoms with Crippen LogP contribution in [0.1, 0.15) is 25.8 Å². The van der Waals surface area contributed by atoms with Crippen molar-refractivity contribution in [3.05, 3.63) is 28.8 Å². The lowest BCUT2D eigenvalue weighted by atomic mass is 10.2. The van der Waals surface area contributed by atoms with Gasteiger partial charge < -0.3 is 24.8 Å². The molecular weight excluding hydrogens is 388 g/mol. The topological polar surface area (TPSA) is 103 Å². The Bertz CT molecular complexity index is 765. The third-order valence-corrected chi connectivity index (χ3v) is 3.98.